The first-order valence-electron chi connectivity index (χ1n) is 9.34. The number of piperazine rings is 1. The van der Waals surface area contributed by atoms with E-state index in [4.69, 9.17) is 0 Å². The molecule has 0 N–H and O–H groups in total. The number of aromatic nitrogens is 1. The quantitative estimate of drug-likeness (QED) is 0.720. The molecular formula is C22H25N3O. The Hall–Kier alpha value is -2.75. The van der Waals surface area contributed by atoms with Crippen LogP contribution in [0, 0.1) is 6.92 Å². The summed E-state index contributed by atoms with van der Waals surface area (Å²) < 4.78 is 2.18. The zero-order valence-corrected chi connectivity index (χ0v) is 15.3. The fourth-order valence-electron chi connectivity index (χ4n) is 3.75. The summed E-state index contributed by atoms with van der Waals surface area (Å²) in [5, 5.41) is 1.23. The first kappa shape index (κ1) is 16.7. The molecule has 1 aliphatic heterocycles. The van der Waals surface area contributed by atoms with Crippen molar-refractivity contribution in [3.8, 4) is 0 Å². The van der Waals surface area contributed by atoms with E-state index in [1.807, 2.05) is 17.0 Å². The monoisotopic (exact) mass is 347 g/mol. The Morgan fingerprint density at radius 1 is 0.962 bits per heavy atom. The van der Waals surface area contributed by atoms with Gasteiger partial charge in [0, 0.05) is 56.5 Å². The predicted molar refractivity (Wildman–Crippen MR) is 107 cm³/mol. The first-order valence-corrected chi connectivity index (χ1v) is 9.34. The van der Waals surface area contributed by atoms with Gasteiger partial charge in [-0.05, 0) is 42.1 Å². The maximum Gasteiger partial charge on any atom is 0.224 e. The van der Waals surface area contributed by atoms with Crippen LogP contribution in [0.15, 0.2) is 60.8 Å². The van der Waals surface area contributed by atoms with Crippen molar-refractivity contribution in [3.63, 3.8) is 0 Å². The third kappa shape index (κ3) is 3.45. The van der Waals surface area contributed by atoms with Crippen LogP contribution in [0.1, 0.15) is 12.0 Å². The smallest absolute Gasteiger partial charge is 0.224 e. The first-order chi connectivity index (χ1) is 12.7. The zero-order valence-electron chi connectivity index (χ0n) is 15.3. The lowest BCUT2D eigenvalue weighted by atomic mass is 10.2. The van der Waals surface area contributed by atoms with Crippen molar-refractivity contribution in [1.29, 1.82) is 0 Å². The predicted octanol–water partition coefficient (Wildman–Crippen LogP) is 3.69. The van der Waals surface area contributed by atoms with Gasteiger partial charge in [0.25, 0.3) is 0 Å². The van der Waals surface area contributed by atoms with Crippen LogP contribution < -0.4 is 4.90 Å². The minimum Gasteiger partial charge on any atom is -0.368 e. The highest BCUT2D eigenvalue weighted by Gasteiger charge is 2.21. The van der Waals surface area contributed by atoms with Gasteiger partial charge < -0.3 is 14.4 Å². The number of carbonyl (C=O) groups is 1. The number of benzene rings is 2. The Balaban J connectivity index is 1.32. The molecule has 1 aliphatic rings. The molecule has 1 saturated heterocycles. The molecule has 1 amide bonds. The number of amides is 1. The van der Waals surface area contributed by atoms with Crippen LogP contribution in [-0.2, 0) is 11.3 Å². The summed E-state index contributed by atoms with van der Waals surface area (Å²) in [5.74, 6) is 0.256. The van der Waals surface area contributed by atoms with Crippen molar-refractivity contribution in [3.05, 3.63) is 66.4 Å². The Morgan fingerprint density at radius 3 is 2.58 bits per heavy atom. The molecule has 26 heavy (non-hydrogen) atoms. The minimum atomic E-state index is 0.256. The van der Waals surface area contributed by atoms with Crippen molar-refractivity contribution >= 4 is 22.5 Å². The SMILES string of the molecule is Cc1cccc(N2CCN(C(=O)CCn3ccc4ccccc43)CC2)c1. The third-order valence-electron chi connectivity index (χ3n) is 5.25. The third-order valence-corrected chi connectivity index (χ3v) is 5.25. The number of carbonyl (C=O) groups excluding carboxylic acids is 1. The van der Waals surface area contributed by atoms with Crippen LogP contribution in [-0.4, -0.2) is 41.6 Å². The summed E-state index contributed by atoms with van der Waals surface area (Å²) in [6.07, 6.45) is 2.64. The van der Waals surface area contributed by atoms with E-state index in [0.29, 0.717) is 6.42 Å². The van der Waals surface area contributed by atoms with Crippen molar-refractivity contribution in [2.45, 2.75) is 19.9 Å². The standard InChI is InChI=1S/C22H25N3O/c1-18-5-4-7-20(17-18)23-13-15-25(16-14-23)22(26)10-12-24-11-9-19-6-2-3-8-21(19)24/h2-9,11,17H,10,12-16H2,1H3. The van der Waals surface area contributed by atoms with Crippen molar-refractivity contribution in [2.75, 3.05) is 31.1 Å². The van der Waals surface area contributed by atoms with E-state index in [1.54, 1.807) is 0 Å². The van der Waals surface area contributed by atoms with E-state index in [-0.39, 0.29) is 5.91 Å². The lowest BCUT2D eigenvalue weighted by Gasteiger charge is -2.36. The fraction of sp³-hybridized carbons (Fsp3) is 0.318. The zero-order chi connectivity index (χ0) is 17.9. The number of aryl methyl sites for hydroxylation is 2. The molecule has 2 aromatic carbocycles. The lowest BCUT2D eigenvalue weighted by Crippen LogP contribution is -2.49. The van der Waals surface area contributed by atoms with Gasteiger partial charge in [0.05, 0.1) is 0 Å². The molecule has 2 heterocycles. The molecule has 3 aromatic rings. The highest BCUT2D eigenvalue weighted by Crippen LogP contribution is 2.19. The minimum absolute atomic E-state index is 0.256. The summed E-state index contributed by atoms with van der Waals surface area (Å²) in [7, 11) is 0. The Kier molecular flexibility index (Phi) is 4.65. The summed E-state index contributed by atoms with van der Waals surface area (Å²) in [5.41, 5.74) is 3.74. The Morgan fingerprint density at radius 2 is 1.77 bits per heavy atom. The van der Waals surface area contributed by atoms with Crippen molar-refractivity contribution in [1.82, 2.24) is 9.47 Å². The van der Waals surface area contributed by atoms with E-state index in [2.05, 4.69) is 65.1 Å². The molecule has 1 fully saturated rings. The molecule has 0 atom stereocenters. The summed E-state index contributed by atoms with van der Waals surface area (Å²) in [4.78, 5) is 17.0. The van der Waals surface area contributed by atoms with Gasteiger partial charge in [-0.25, -0.2) is 0 Å². The number of fused-ring (bicyclic) bond motifs is 1. The van der Waals surface area contributed by atoms with Gasteiger partial charge in [-0.2, -0.15) is 0 Å². The molecule has 134 valence electrons. The van der Waals surface area contributed by atoms with Gasteiger partial charge >= 0.3 is 0 Å². The Bertz CT molecular complexity index is 906. The molecule has 0 aliphatic carbocycles. The summed E-state index contributed by atoms with van der Waals surface area (Å²) >= 11 is 0. The molecular weight excluding hydrogens is 322 g/mol. The molecule has 0 spiro atoms. The average Bonchev–Trinajstić information content (AvgIpc) is 3.09. The lowest BCUT2D eigenvalue weighted by molar-refractivity contribution is -0.131. The van der Waals surface area contributed by atoms with E-state index in [1.165, 1.54) is 22.2 Å². The van der Waals surface area contributed by atoms with Crippen LogP contribution in [0.3, 0.4) is 0 Å². The molecule has 4 rings (SSSR count). The van der Waals surface area contributed by atoms with E-state index >= 15 is 0 Å². The van der Waals surface area contributed by atoms with Crippen LogP contribution in [0.25, 0.3) is 10.9 Å². The second-order valence-corrected chi connectivity index (χ2v) is 7.02. The van der Waals surface area contributed by atoms with Crippen molar-refractivity contribution in [2.24, 2.45) is 0 Å². The van der Waals surface area contributed by atoms with Crippen molar-refractivity contribution < 1.29 is 4.79 Å². The number of para-hydroxylation sites is 1. The van der Waals surface area contributed by atoms with E-state index in [9.17, 15) is 4.79 Å². The maximum absolute atomic E-state index is 12.6. The molecule has 4 nitrogen and oxygen atoms in total. The number of rotatable bonds is 4. The van der Waals surface area contributed by atoms with Crippen LogP contribution >= 0.6 is 0 Å². The maximum atomic E-state index is 12.6. The second kappa shape index (κ2) is 7.24. The largest absolute Gasteiger partial charge is 0.368 e. The molecule has 4 heteroatoms. The normalized spacial score (nSPS) is 14.8. The fourth-order valence-corrected chi connectivity index (χ4v) is 3.75. The summed E-state index contributed by atoms with van der Waals surface area (Å²) in [6, 6.07) is 19.0. The van der Waals surface area contributed by atoms with E-state index in [0.717, 1.165) is 32.7 Å². The molecule has 0 bridgehead atoms. The van der Waals surface area contributed by atoms with Gasteiger partial charge in [-0.15, -0.1) is 0 Å². The van der Waals surface area contributed by atoms with Crippen LogP contribution in [0.4, 0.5) is 5.69 Å². The number of anilines is 1. The Labute approximate surface area is 154 Å². The van der Waals surface area contributed by atoms with Gasteiger partial charge in [0.2, 0.25) is 5.91 Å². The number of hydrogen-bond acceptors (Lipinski definition) is 2. The summed E-state index contributed by atoms with van der Waals surface area (Å²) in [6.45, 7) is 6.28. The van der Waals surface area contributed by atoms with Gasteiger partial charge in [0.15, 0.2) is 0 Å². The van der Waals surface area contributed by atoms with Gasteiger partial charge in [-0.1, -0.05) is 30.3 Å². The van der Waals surface area contributed by atoms with Crippen LogP contribution in [0.2, 0.25) is 0 Å². The second-order valence-electron chi connectivity index (χ2n) is 7.02. The van der Waals surface area contributed by atoms with Gasteiger partial charge in [-0.3, -0.25) is 4.79 Å². The highest BCUT2D eigenvalue weighted by atomic mass is 16.2. The van der Waals surface area contributed by atoms with E-state index < -0.39 is 0 Å². The van der Waals surface area contributed by atoms with Crippen LogP contribution in [0.5, 0.6) is 0 Å². The molecule has 0 unspecified atom stereocenters. The molecule has 0 saturated carbocycles. The number of hydrogen-bond donors (Lipinski definition) is 0. The van der Waals surface area contributed by atoms with Gasteiger partial charge in [0.1, 0.15) is 0 Å². The molecule has 0 radical (unpaired) electrons. The topological polar surface area (TPSA) is 28.5 Å². The molecule has 1 aromatic heterocycles. The highest BCUT2D eigenvalue weighted by molar-refractivity contribution is 5.80. The number of nitrogens with zero attached hydrogens (tertiary/aromatic N) is 3. The average molecular weight is 347 g/mol.